The van der Waals surface area contributed by atoms with Gasteiger partial charge in [-0.15, -0.1) is 0 Å². The molecule has 1 aromatic carbocycles. The van der Waals surface area contributed by atoms with Crippen molar-refractivity contribution in [1.29, 1.82) is 0 Å². The Balaban J connectivity index is 1.87. The average molecular weight is 292 g/mol. The van der Waals surface area contributed by atoms with Crippen molar-refractivity contribution in [3.05, 3.63) is 35.4 Å². The van der Waals surface area contributed by atoms with Crippen molar-refractivity contribution in [3.63, 3.8) is 0 Å². The average Bonchev–Trinajstić information content (AvgIpc) is 2.53. The number of nitrogens with one attached hydrogen (secondary N) is 1. The predicted octanol–water partition coefficient (Wildman–Crippen LogP) is 2.53. The van der Waals surface area contributed by atoms with Crippen molar-refractivity contribution in [1.82, 2.24) is 5.48 Å². The van der Waals surface area contributed by atoms with E-state index in [-0.39, 0.29) is 18.2 Å². The molecule has 1 heterocycles. The number of hydrogen-bond acceptors (Lipinski definition) is 4. The summed E-state index contributed by atoms with van der Waals surface area (Å²) < 4.78 is 5.39. The molecule has 21 heavy (non-hydrogen) atoms. The van der Waals surface area contributed by atoms with E-state index in [0.717, 1.165) is 24.8 Å². The first-order chi connectivity index (χ1) is 10.1. The Hall–Kier alpha value is -1.43. The van der Waals surface area contributed by atoms with Crippen LogP contribution in [0.4, 0.5) is 0 Å². The molecule has 0 radical (unpaired) electrons. The number of hydroxylamine groups is 1. The number of amides is 1. The quantitative estimate of drug-likeness (QED) is 0.818. The molecule has 1 aliphatic rings. The van der Waals surface area contributed by atoms with Crippen molar-refractivity contribution in [3.8, 4) is 0 Å². The second kappa shape index (κ2) is 7.54. The largest absolute Gasteiger partial charge is 0.350 e. The Kier molecular flexibility index (Phi) is 5.73. The van der Waals surface area contributed by atoms with Crippen LogP contribution in [0, 0.1) is 5.92 Å². The summed E-state index contributed by atoms with van der Waals surface area (Å²) in [4.78, 5) is 17.2. The van der Waals surface area contributed by atoms with Gasteiger partial charge >= 0.3 is 0 Å². The van der Waals surface area contributed by atoms with E-state index in [0.29, 0.717) is 18.1 Å². The minimum Gasteiger partial charge on any atom is -0.350 e. The molecule has 0 bridgehead atoms. The minimum atomic E-state index is -0.337. The molecule has 0 saturated carbocycles. The third-order valence-electron chi connectivity index (χ3n) is 3.70. The zero-order valence-corrected chi connectivity index (χ0v) is 12.7. The van der Waals surface area contributed by atoms with Crippen LogP contribution in [0.25, 0.3) is 0 Å². The molecule has 1 amide bonds. The van der Waals surface area contributed by atoms with Gasteiger partial charge in [0, 0.05) is 24.6 Å². The van der Waals surface area contributed by atoms with Crippen molar-refractivity contribution in [2.75, 3.05) is 6.61 Å². The number of carbonyl (C=O) groups excluding carboxylic acids is 1. The van der Waals surface area contributed by atoms with Crippen molar-refractivity contribution < 1.29 is 14.4 Å². The van der Waals surface area contributed by atoms with Crippen LogP contribution in [0.1, 0.15) is 55.1 Å². The Morgan fingerprint density at radius 1 is 1.33 bits per heavy atom. The van der Waals surface area contributed by atoms with E-state index in [1.807, 2.05) is 12.1 Å². The second-order valence-corrected chi connectivity index (χ2v) is 5.74. The molecule has 1 aromatic rings. The highest BCUT2D eigenvalue weighted by molar-refractivity contribution is 5.93. The first-order valence-corrected chi connectivity index (χ1v) is 7.51. The normalized spacial score (nSPS) is 20.3. The van der Waals surface area contributed by atoms with Crippen LogP contribution in [0.2, 0.25) is 0 Å². The van der Waals surface area contributed by atoms with Gasteiger partial charge in [0.25, 0.3) is 5.91 Å². The number of rotatable bonds is 5. The summed E-state index contributed by atoms with van der Waals surface area (Å²) in [7, 11) is 0. The number of benzene rings is 1. The van der Waals surface area contributed by atoms with E-state index in [1.54, 1.807) is 12.1 Å². The maximum Gasteiger partial charge on any atom is 0.274 e. The molecular formula is C16H24N2O3. The molecular weight excluding hydrogens is 268 g/mol. The molecule has 1 saturated heterocycles. The third kappa shape index (κ3) is 4.52. The van der Waals surface area contributed by atoms with Gasteiger partial charge in [0.05, 0.1) is 0 Å². The van der Waals surface area contributed by atoms with Gasteiger partial charge in [-0.3, -0.25) is 4.79 Å². The van der Waals surface area contributed by atoms with Crippen LogP contribution in [-0.2, 0) is 9.57 Å². The highest BCUT2D eigenvalue weighted by Crippen LogP contribution is 2.19. The van der Waals surface area contributed by atoms with Crippen LogP contribution >= 0.6 is 0 Å². The topological polar surface area (TPSA) is 73.6 Å². The highest BCUT2D eigenvalue weighted by Gasteiger charge is 2.16. The van der Waals surface area contributed by atoms with Gasteiger partial charge in [0.1, 0.15) is 0 Å². The standard InChI is InChI=1S/C16H24N2O3/c1-11(2)15(17)12-6-8-13(9-7-12)16(19)18-21-14-5-3-4-10-20-14/h6-9,11,14-15H,3-5,10,17H2,1-2H3,(H,18,19)/t14?,15-/m1/s1. The zero-order chi connectivity index (χ0) is 15.2. The van der Waals surface area contributed by atoms with Crippen LogP contribution in [-0.4, -0.2) is 18.8 Å². The van der Waals surface area contributed by atoms with Crippen molar-refractivity contribution in [2.24, 2.45) is 11.7 Å². The lowest BCUT2D eigenvalue weighted by atomic mass is 9.96. The molecule has 1 fully saturated rings. The van der Waals surface area contributed by atoms with Crippen LogP contribution in [0.5, 0.6) is 0 Å². The molecule has 3 N–H and O–H groups in total. The van der Waals surface area contributed by atoms with Gasteiger partial charge < -0.3 is 10.5 Å². The van der Waals surface area contributed by atoms with Crippen LogP contribution < -0.4 is 11.2 Å². The Morgan fingerprint density at radius 2 is 2.05 bits per heavy atom. The van der Waals surface area contributed by atoms with E-state index in [1.165, 1.54) is 0 Å². The molecule has 0 aromatic heterocycles. The van der Waals surface area contributed by atoms with Gasteiger partial charge in [-0.1, -0.05) is 26.0 Å². The van der Waals surface area contributed by atoms with Gasteiger partial charge in [-0.2, -0.15) is 0 Å². The number of nitrogens with two attached hydrogens (primary N) is 1. The van der Waals surface area contributed by atoms with Crippen LogP contribution in [0.15, 0.2) is 24.3 Å². The maximum absolute atomic E-state index is 12.0. The van der Waals surface area contributed by atoms with Gasteiger partial charge in [-0.25, -0.2) is 10.3 Å². The maximum atomic E-state index is 12.0. The van der Waals surface area contributed by atoms with Gasteiger partial charge in [0.15, 0.2) is 6.29 Å². The predicted molar refractivity (Wildman–Crippen MR) is 80.4 cm³/mol. The third-order valence-corrected chi connectivity index (χ3v) is 3.70. The van der Waals surface area contributed by atoms with E-state index in [9.17, 15) is 4.79 Å². The lowest BCUT2D eigenvalue weighted by Crippen LogP contribution is -2.33. The summed E-state index contributed by atoms with van der Waals surface area (Å²) in [6.07, 6.45) is 2.58. The fourth-order valence-corrected chi connectivity index (χ4v) is 2.22. The van der Waals surface area contributed by atoms with E-state index >= 15 is 0 Å². The fourth-order valence-electron chi connectivity index (χ4n) is 2.22. The SMILES string of the molecule is CC(C)[C@@H](N)c1ccc(C(=O)NOC2CCCCO2)cc1. The number of carbonyl (C=O) groups is 1. The molecule has 2 rings (SSSR count). The van der Waals surface area contributed by atoms with Crippen LogP contribution in [0.3, 0.4) is 0 Å². The summed E-state index contributed by atoms with van der Waals surface area (Å²) in [5.41, 5.74) is 10.1. The zero-order valence-electron chi connectivity index (χ0n) is 12.7. The molecule has 1 unspecified atom stereocenters. The monoisotopic (exact) mass is 292 g/mol. The highest BCUT2D eigenvalue weighted by atomic mass is 16.8. The van der Waals surface area contributed by atoms with E-state index in [4.69, 9.17) is 15.3 Å². The molecule has 116 valence electrons. The molecule has 5 heteroatoms. The Labute approximate surface area is 125 Å². The van der Waals surface area contributed by atoms with E-state index in [2.05, 4.69) is 19.3 Å². The lowest BCUT2D eigenvalue weighted by molar-refractivity contribution is -0.186. The van der Waals surface area contributed by atoms with Gasteiger partial charge in [-0.05, 0) is 36.5 Å². The molecule has 0 spiro atoms. The molecule has 2 atom stereocenters. The Bertz CT molecular complexity index is 453. The molecule has 5 nitrogen and oxygen atoms in total. The minimum absolute atomic E-state index is 0.0194. The summed E-state index contributed by atoms with van der Waals surface area (Å²) >= 11 is 0. The summed E-state index contributed by atoms with van der Waals surface area (Å²) in [6, 6.07) is 7.28. The van der Waals surface area contributed by atoms with Crippen molar-refractivity contribution in [2.45, 2.75) is 45.4 Å². The second-order valence-electron chi connectivity index (χ2n) is 5.74. The summed E-state index contributed by atoms with van der Waals surface area (Å²) in [5, 5.41) is 0. The lowest BCUT2D eigenvalue weighted by Gasteiger charge is -2.22. The smallest absolute Gasteiger partial charge is 0.274 e. The molecule has 0 aliphatic carbocycles. The van der Waals surface area contributed by atoms with E-state index < -0.39 is 0 Å². The summed E-state index contributed by atoms with van der Waals surface area (Å²) in [6.45, 7) is 4.83. The van der Waals surface area contributed by atoms with Crippen molar-refractivity contribution >= 4 is 5.91 Å². The number of ether oxygens (including phenoxy) is 1. The Morgan fingerprint density at radius 3 is 2.62 bits per heavy atom. The van der Waals surface area contributed by atoms with Gasteiger partial charge in [0.2, 0.25) is 0 Å². The number of hydrogen-bond donors (Lipinski definition) is 2. The molecule has 1 aliphatic heterocycles. The summed E-state index contributed by atoms with van der Waals surface area (Å²) in [5.74, 6) is 0.0882. The fraction of sp³-hybridized carbons (Fsp3) is 0.562. The first kappa shape index (κ1) is 15.9. The first-order valence-electron chi connectivity index (χ1n) is 7.51.